The fraction of sp³-hybridized carbons (Fsp3) is 0.704. The van der Waals surface area contributed by atoms with Gasteiger partial charge in [-0.3, -0.25) is 33.6 Å². The van der Waals surface area contributed by atoms with E-state index in [0.29, 0.717) is 68.9 Å². The van der Waals surface area contributed by atoms with Crippen LogP contribution in [0, 0.1) is 47.3 Å². The van der Waals surface area contributed by atoms with Gasteiger partial charge in [0.1, 0.15) is 28.9 Å². The number of carboxylic acid groups (broad SMARTS) is 2. The number of hydrogen-bond acceptors (Lipinski definition) is 11. The van der Waals surface area contributed by atoms with Crippen molar-refractivity contribution in [3.63, 3.8) is 0 Å². The number of ether oxygens (including phenoxy) is 1. The van der Waals surface area contributed by atoms with Crippen molar-refractivity contribution in [2.45, 2.75) is 178 Å². The second-order valence-electron chi connectivity index (χ2n) is 16.8. The molecule has 0 unspecified atom stereocenters. The highest BCUT2D eigenvalue weighted by Gasteiger charge is 2.37. The zero-order chi connectivity index (χ0) is 49.7. The first kappa shape index (κ1) is 69.2. The van der Waals surface area contributed by atoms with Gasteiger partial charge in [-0.05, 0) is 108 Å². The molecule has 4 saturated carbocycles. The number of methoxy groups -OCH3 is 1. The maximum atomic E-state index is 11.7. The van der Waals surface area contributed by atoms with E-state index in [4.69, 9.17) is 20.4 Å². The molecule has 8 atom stereocenters. The molecule has 0 aromatic rings. The summed E-state index contributed by atoms with van der Waals surface area (Å²) in [6.45, 7) is 9.85. The number of esters is 1. The summed E-state index contributed by atoms with van der Waals surface area (Å²) >= 11 is 0. The molecule has 0 bridgehead atoms. The third-order valence-corrected chi connectivity index (χ3v) is 12.2. The summed E-state index contributed by atoms with van der Waals surface area (Å²) in [7, 11) is 3.39. The second-order valence-corrected chi connectivity index (χ2v) is 16.8. The molecule has 0 heterocycles. The Morgan fingerprint density at radius 3 is 0.910 bits per heavy atom. The molecule has 4 aliphatic carbocycles. The minimum Gasteiger partial charge on any atom is -0.481 e. The Labute approximate surface area is 404 Å². The van der Waals surface area contributed by atoms with Crippen molar-refractivity contribution in [3.05, 3.63) is 48.6 Å². The lowest BCUT2D eigenvalue weighted by Gasteiger charge is -2.15. The molecule has 0 aliphatic heterocycles. The number of carbonyl (C=O) groups excluding carboxylic acids is 6. The normalized spacial score (nSPS) is 23.9. The smallest absolute Gasteiger partial charge is 0.305 e. The molecule has 4 fully saturated rings. The molecule has 4 N–H and O–H groups in total. The lowest BCUT2D eigenvalue weighted by Crippen LogP contribution is -2.18. The van der Waals surface area contributed by atoms with E-state index >= 15 is 0 Å². The highest BCUT2D eigenvalue weighted by molar-refractivity contribution is 5.86. The summed E-state index contributed by atoms with van der Waals surface area (Å²) in [6, 6.07) is 0. The number of aliphatic hydroxyl groups is 2. The third-order valence-electron chi connectivity index (χ3n) is 12.2. The lowest BCUT2D eigenvalue weighted by molar-refractivity contribution is -0.142. The number of aliphatic hydroxyl groups excluding tert-OH is 2. The van der Waals surface area contributed by atoms with Gasteiger partial charge in [0.15, 0.2) is 0 Å². The Balaban J connectivity index is -0.000000381. The number of ketones is 5. The van der Waals surface area contributed by atoms with E-state index in [0.717, 1.165) is 78.4 Å². The minimum atomic E-state index is -0.792. The molecule has 4 aliphatic rings. The standard InChI is InChI=1S/C13H20O3.C13H20O2.2C12H18O3.2CH4O.2CH4/c1-3-4-5-6-11-10(7-8-12(11)14)9-13(15)16-2;1-3-4-5-6-12-11(9-10(2)14)7-8-13(12)15;2*1-2-3-4-5-10-9(8-12(14)15)6-7-11(10)13;2*1-2;;/h4-5,10-11H,3,6-9H2,1-2H3;4-5,11-12H,3,6-9H2,1-2H3;2*3-4,9-10H,2,5-8H2,1H3,(H,14,15);2*2H,1H3;2*1H4/b5-4+;5-4-;4-3+;4-3-;;;;/t10-,11+;11-,12+;2*9-,10+;;;;/m0000..../s1. The first-order valence-electron chi connectivity index (χ1n) is 23.7. The van der Waals surface area contributed by atoms with Gasteiger partial charge in [-0.1, -0.05) is 91.2 Å². The number of carboxylic acids is 2. The van der Waals surface area contributed by atoms with Gasteiger partial charge in [-0.25, -0.2) is 0 Å². The molecule has 386 valence electrons. The van der Waals surface area contributed by atoms with E-state index in [-0.39, 0.29) is 92.4 Å². The monoisotopic (exact) mass is 949 g/mol. The first-order chi connectivity index (χ1) is 31.1. The average Bonchev–Trinajstić information content (AvgIpc) is 4.02. The van der Waals surface area contributed by atoms with E-state index in [1.807, 2.05) is 38.2 Å². The van der Waals surface area contributed by atoms with E-state index in [2.05, 4.69) is 42.9 Å². The van der Waals surface area contributed by atoms with Crippen LogP contribution in [0.4, 0.5) is 0 Å². The number of rotatable bonds is 20. The van der Waals surface area contributed by atoms with Gasteiger partial charge in [-0.2, -0.15) is 0 Å². The van der Waals surface area contributed by atoms with Crippen LogP contribution in [0.3, 0.4) is 0 Å². The number of carbonyl (C=O) groups is 8. The highest BCUT2D eigenvalue weighted by atomic mass is 16.5. The Bertz CT molecular complexity index is 1410. The Morgan fingerprint density at radius 2 is 0.701 bits per heavy atom. The van der Waals surface area contributed by atoms with E-state index in [1.165, 1.54) is 7.11 Å². The van der Waals surface area contributed by atoms with Gasteiger partial charge < -0.3 is 30.0 Å². The molecule has 0 amide bonds. The molecule has 4 rings (SSSR count). The van der Waals surface area contributed by atoms with Gasteiger partial charge in [0.25, 0.3) is 0 Å². The highest BCUT2D eigenvalue weighted by Crippen LogP contribution is 2.37. The van der Waals surface area contributed by atoms with Gasteiger partial charge in [-0.15, -0.1) is 0 Å². The zero-order valence-corrected chi connectivity index (χ0v) is 40.8. The molecule has 0 saturated heterocycles. The van der Waals surface area contributed by atoms with Crippen LogP contribution in [0.25, 0.3) is 0 Å². The molecule has 67 heavy (non-hydrogen) atoms. The Morgan fingerprint density at radius 1 is 0.463 bits per heavy atom. The fourth-order valence-electron chi connectivity index (χ4n) is 8.93. The molecule has 0 radical (unpaired) electrons. The second kappa shape index (κ2) is 43.0. The molecular weight excluding hydrogens is 857 g/mol. The lowest BCUT2D eigenvalue weighted by atomic mass is 9.88. The van der Waals surface area contributed by atoms with Crippen molar-refractivity contribution in [1.29, 1.82) is 0 Å². The Kier molecular flexibility index (Phi) is 44.4. The summed E-state index contributed by atoms with van der Waals surface area (Å²) < 4.78 is 4.65. The maximum Gasteiger partial charge on any atom is 0.305 e. The fourth-order valence-corrected chi connectivity index (χ4v) is 8.93. The van der Waals surface area contributed by atoms with Crippen molar-refractivity contribution in [1.82, 2.24) is 0 Å². The minimum absolute atomic E-state index is 0. The SMILES string of the molecule is C.C.CC/C=C/C[C@H]1C(=O)CC[C@H]1CC(=O)O.CC/C=C/C[C@H]1C(=O)CC[C@H]1CC(=O)OC.CC/C=C\C[C@H]1C(=O)CC[C@H]1CC(=O)O.CC/C=C\C[C@H]1C(=O)CC[C@H]1CC(C)=O.CO.CO. The predicted molar refractivity (Wildman–Crippen MR) is 267 cm³/mol. The quantitative estimate of drug-likeness (QED) is 0.0659. The van der Waals surface area contributed by atoms with E-state index < -0.39 is 11.9 Å². The summed E-state index contributed by atoms with van der Waals surface area (Å²) in [5.74, 6) is 0.166. The van der Waals surface area contributed by atoms with Crippen molar-refractivity contribution >= 4 is 46.8 Å². The van der Waals surface area contributed by atoms with Crippen LogP contribution >= 0.6 is 0 Å². The third kappa shape index (κ3) is 29.9. The van der Waals surface area contributed by atoms with Gasteiger partial charge in [0.05, 0.1) is 7.11 Å². The van der Waals surface area contributed by atoms with Gasteiger partial charge in [0.2, 0.25) is 0 Å². The molecular formula is C54H92O13. The maximum absolute atomic E-state index is 11.7. The predicted octanol–water partition coefficient (Wildman–Crippen LogP) is 10.7. The topological polar surface area (TPSA) is 227 Å². The van der Waals surface area contributed by atoms with E-state index in [1.54, 1.807) is 6.92 Å². The zero-order valence-electron chi connectivity index (χ0n) is 40.8. The van der Waals surface area contributed by atoms with Crippen LogP contribution in [0.5, 0.6) is 0 Å². The summed E-state index contributed by atoms with van der Waals surface area (Å²) in [6.07, 6.45) is 30.2. The molecule has 13 heteroatoms. The average molecular weight is 949 g/mol. The molecule has 0 aromatic carbocycles. The molecule has 0 aromatic heterocycles. The van der Waals surface area contributed by atoms with Crippen molar-refractivity contribution in [3.8, 4) is 0 Å². The van der Waals surface area contributed by atoms with Gasteiger partial charge in [0, 0.05) is 89.3 Å². The van der Waals surface area contributed by atoms with Crippen molar-refractivity contribution < 1.29 is 63.5 Å². The van der Waals surface area contributed by atoms with Crippen LogP contribution in [0.2, 0.25) is 0 Å². The Hall–Kier alpha value is -4.36. The first-order valence-corrected chi connectivity index (χ1v) is 23.7. The van der Waals surface area contributed by atoms with Crippen LogP contribution in [0.1, 0.15) is 178 Å². The largest absolute Gasteiger partial charge is 0.481 e. The molecule has 0 spiro atoms. The van der Waals surface area contributed by atoms with Crippen LogP contribution < -0.4 is 0 Å². The van der Waals surface area contributed by atoms with Crippen molar-refractivity contribution in [2.75, 3.05) is 21.3 Å². The van der Waals surface area contributed by atoms with Crippen molar-refractivity contribution in [2.24, 2.45) is 47.3 Å². The number of Topliss-reactive ketones (excluding diaryl/α,β-unsaturated/α-hetero) is 5. The van der Waals surface area contributed by atoms with Crippen LogP contribution in [0.15, 0.2) is 48.6 Å². The summed E-state index contributed by atoms with van der Waals surface area (Å²) in [5, 5.41) is 31.4. The number of aliphatic carboxylic acids is 2. The van der Waals surface area contributed by atoms with Gasteiger partial charge >= 0.3 is 17.9 Å². The number of allylic oxidation sites excluding steroid dienone is 8. The summed E-state index contributed by atoms with van der Waals surface area (Å²) in [5.41, 5.74) is 0. The van der Waals surface area contributed by atoms with Crippen LogP contribution in [-0.2, 0) is 43.1 Å². The number of hydrogen-bond donors (Lipinski definition) is 4. The van der Waals surface area contributed by atoms with E-state index in [9.17, 15) is 38.4 Å². The summed E-state index contributed by atoms with van der Waals surface area (Å²) in [4.78, 5) is 89.8. The molecule has 13 nitrogen and oxygen atoms in total. The van der Waals surface area contributed by atoms with Crippen LogP contribution in [-0.4, -0.2) is 88.6 Å².